The van der Waals surface area contributed by atoms with Crippen molar-refractivity contribution in [3.05, 3.63) is 86.1 Å². The molecule has 1 aliphatic heterocycles. The molecule has 1 aliphatic rings. The first kappa shape index (κ1) is 30.7. The summed E-state index contributed by atoms with van der Waals surface area (Å²) in [6, 6.07) is 12.6. The number of ketones is 1. The molecule has 4 aromatic rings. The standard InChI is InChI=1S/C31H32N4O5S3/c1-6-14-40-22-13-12-21(15-23(22)39-7-2)25-24(26(36)28-18(4)32-19(5)42-28)27(37)29(38)35(25)30-33-34-31(43-30)41-16-20-10-8-17(3)9-11-20/h8-13,15,25,37H,6-7,14,16H2,1-5H3. The lowest BCUT2D eigenvalue weighted by atomic mass is 9.95. The number of aliphatic hydroxyl groups excluding tert-OH is 1. The topological polar surface area (TPSA) is 115 Å². The molecule has 1 atom stereocenters. The minimum atomic E-state index is -0.968. The molecule has 43 heavy (non-hydrogen) atoms. The lowest BCUT2D eigenvalue weighted by Gasteiger charge is -2.25. The molecule has 0 saturated carbocycles. The van der Waals surface area contributed by atoms with Crippen LogP contribution < -0.4 is 14.4 Å². The van der Waals surface area contributed by atoms with Crippen LogP contribution in [0.1, 0.15) is 63.4 Å². The van der Waals surface area contributed by atoms with Gasteiger partial charge in [-0.2, -0.15) is 0 Å². The second-order valence-electron chi connectivity index (χ2n) is 9.93. The monoisotopic (exact) mass is 636 g/mol. The molecule has 12 heteroatoms. The Bertz CT molecular complexity index is 1680. The minimum absolute atomic E-state index is 0.0366. The number of amides is 1. The van der Waals surface area contributed by atoms with E-state index in [4.69, 9.17) is 9.47 Å². The van der Waals surface area contributed by atoms with Crippen molar-refractivity contribution in [1.82, 2.24) is 15.2 Å². The van der Waals surface area contributed by atoms with E-state index in [0.29, 0.717) is 55.9 Å². The quantitative estimate of drug-likeness (QED) is 0.0981. The summed E-state index contributed by atoms with van der Waals surface area (Å²) >= 11 is 3.97. The van der Waals surface area contributed by atoms with Gasteiger partial charge in [0.1, 0.15) is 0 Å². The van der Waals surface area contributed by atoms with E-state index in [-0.39, 0.29) is 10.7 Å². The van der Waals surface area contributed by atoms with Crippen LogP contribution in [0.25, 0.3) is 0 Å². The summed E-state index contributed by atoms with van der Waals surface area (Å²) in [4.78, 5) is 33.8. The predicted octanol–water partition coefficient (Wildman–Crippen LogP) is 7.18. The number of Topliss-reactive ketones (excluding diaryl/α,β-unsaturated/α-hetero) is 1. The lowest BCUT2D eigenvalue weighted by Crippen LogP contribution is -2.31. The van der Waals surface area contributed by atoms with Crippen molar-refractivity contribution in [1.29, 1.82) is 0 Å². The van der Waals surface area contributed by atoms with Crippen LogP contribution in [0.3, 0.4) is 0 Å². The molecule has 0 aliphatic carbocycles. The lowest BCUT2D eigenvalue weighted by molar-refractivity contribution is -0.117. The number of aliphatic hydroxyl groups is 1. The molecular weight excluding hydrogens is 605 g/mol. The van der Waals surface area contributed by atoms with Gasteiger partial charge in [-0.05, 0) is 57.4 Å². The molecule has 0 radical (unpaired) electrons. The normalized spacial score (nSPS) is 15.0. The Kier molecular flexibility index (Phi) is 9.48. The van der Waals surface area contributed by atoms with E-state index < -0.39 is 23.5 Å². The number of ether oxygens (including phenoxy) is 2. The number of hydrogen-bond donors (Lipinski definition) is 1. The first-order valence-corrected chi connectivity index (χ1v) is 16.5. The second kappa shape index (κ2) is 13.3. The van der Waals surface area contributed by atoms with Gasteiger partial charge in [-0.25, -0.2) is 4.98 Å². The smallest absolute Gasteiger partial charge is 0.296 e. The van der Waals surface area contributed by atoms with Gasteiger partial charge >= 0.3 is 0 Å². The van der Waals surface area contributed by atoms with Gasteiger partial charge < -0.3 is 14.6 Å². The van der Waals surface area contributed by atoms with Crippen LogP contribution in [-0.4, -0.2) is 45.2 Å². The van der Waals surface area contributed by atoms with E-state index in [9.17, 15) is 14.7 Å². The number of carbonyl (C=O) groups is 2. The van der Waals surface area contributed by atoms with Gasteiger partial charge in [0.25, 0.3) is 5.91 Å². The van der Waals surface area contributed by atoms with E-state index in [1.165, 1.54) is 44.9 Å². The fraction of sp³-hybridized carbons (Fsp3) is 0.323. The molecule has 0 fully saturated rings. The molecule has 2 aromatic carbocycles. The highest BCUT2D eigenvalue weighted by Crippen LogP contribution is 2.46. The largest absolute Gasteiger partial charge is 0.503 e. The van der Waals surface area contributed by atoms with E-state index >= 15 is 0 Å². The molecular formula is C31H32N4O5S3. The Hall–Kier alpha value is -3.74. The van der Waals surface area contributed by atoms with Gasteiger partial charge in [0, 0.05) is 5.75 Å². The SMILES string of the molecule is CCCOc1ccc(C2C(C(=O)c3sc(C)nc3C)=C(O)C(=O)N2c2nnc(SCc3ccc(C)cc3)s2)cc1OCC. The van der Waals surface area contributed by atoms with Crippen molar-refractivity contribution in [2.45, 2.75) is 57.2 Å². The van der Waals surface area contributed by atoms with E-state index in [0.717, 1.165) is 12.0 Å². The van der Waals surface area contributed by atoms with Crippen LogP contribution >= 0.6 is 34.4 Å². The van der Waals surface area contributed by atoms with Gasteiger partial charge in [-0.3, -0.25) is 14.5 Å². The number of anilines is 1. The number of rotatable bonds is 12. The number of thiazole rings is 1. The zero-order valence-corrected chi connectivity index (χ0v) is 27.0. The summed E-state index contributed by atoms with van der Waals surface area (Å²) in [6.07, 6.45) is 0.822. The molecule has 1 unspecified atom stereocenters. The molecule has 224 valence electrons. The number of nitrogens with zero attached hydrogens (tertiary/aromatic N) is 4. The summed E-state index contributed by atoms with van der Waals surface area (Å²) in [6.45, 7) is 10.4. The Balaban J connectivity index is 1.55. The minimum Gasteiger partial charge on any atom is -0.503 e. The third kappa shape index (κ3) is 6.46. The number of benzene rings is 2. The summed E-state index contributed by atoms with van der Waals surface area (Å²) in [5.41, 5.74) is 3.39. The molecule has 9 nitrogen and oxygen atoms in total. The highest BCUT2D eigenvalue weighted by Gasteiger charge is 2.47. The van der Waals surface area contributed by atoms with Crippen molar-refractivity contribution in [3.63, 3.8) is 0 Å². The van der Waals surface area contributed by atoms with Crippen LogP contribution in [-0.2, 0) is 10.5 Å². The Morgan fingerprint density at radius 3 is 2.47 bits per heavy atom. The summed E-state index contributed by atoms with van der Waals surface area (Å²) in [5.74, 6) is -0.0688. The number of carbonyl (C=O) groups excluding carboxylic acids is 2. The summed E-state index contributed by atoms with van der Waals surface area (Å²) < 4.78 is 12.4. The van der Waals surface area contributed by atoms with Crippen molar-refractivity contribution in [2.24, 2.45) is 0 Å². The number of aromatic nitrogens is 3. The van der Waals surface area contributed by atoms with Crippen LogP contribution in [0.2, 0.25) is 0 Å². The van der Waals surface area contributed by atoms with Crippen molar-refractivity contribution in [3.8, 4) is 11.5 Å². The average Bonchev–Trinajstić information content (AvgIpc) is 3.67. The first-order chi connectivity index (χ1) is 20.7. The van der Waals surface area contributed by atoms with Crippen LogP contribution in [0, 0.1) is 20.8 Å². The fourth-order valence-corrected chi connectivity index (χ4v) is 7.39. The fourth-order valence-electron chi connectivity index (χ4n) is 4.70. The number of hydrogen-bond acceptors (Lipinski definition) is 11. The Labute approximate surface area is 262 Å². The highest BCUT2D eigenvalue weighted by molar-refractivity contribution is 8.00. The van der Waals surface area contributed by atoms with E-state index in [1.54, 1.807) is 25.1 Å². The third-order valence-electron chi connectivity index (χ3n) is 6.69. The molecule has 2 aromatic heterocycles. The van der Waals surface area contributed by atoms with Gasteiger partial charge in [0.15, 0.2) is 21.6 Å². The van der Waals surface area contributed by atoms with Crippen LogP contribution in [0.4, 0.5) is 5.13 Å². The van der Waals surface area contributed by atoms with Gasteiger partial charge in [-0.1, -0.05) is 65.9 Å². The number of aryl methyl sites for hydroxylation is 3. The Morgan fingerprint density at radius 2 is 1.79 bits per heavy atom. The molecule has 0 saturated heterocycles. The van der Waals surface area contributed by atoms with Gasteiger partial charge in [0.2, 0.25) is 10.9 Å². The molecule has 5 rings (SSSR count). The molecule has 0 bridgehead atoms. The van der Waals surface area contributed by atoms with Crippen LogP contribution in [0.15, 0.2) is 58.1 Å². The maximum absolute atomic E-state index is 14.0. The predicted molar refractivity (Wildman–Crippen MR) is 170 cm³/mol. The molecule has 1 N–H and O–H groups in total. The van der Waals surface area contributed by atoms with Crippen molar-refractivity contribution < 1.29 is 24.2 Å². The van der Waals surface area contributed by atoms with Crippen molar-refractivity contribution >= 4 is 51.3 Å². The maximum atomic E-state index is 14.0. The first-order valence-electron chi connectivity index (χ1n) is 13.9. The second-order valence-corrected chi connectivity index (χ2v) is 13.3. The maximum Gasteiger partial charge on any atom is 0.296 e. The van der Waals surface area contributed by atoms with Crippen LogP contribution in [0.5, 0.6) is 11.5 Å². The van der Waals surface area contributed by atoms with E-state index in [1.807, 2.05) is 27.7 Å². The van der Waals surface area contributed by atoms with Gasteiger partial charge in [-0.15, -0.1) is 21.5 Å². The highest BCUT2D eigenvalue weighted by atomic mass is 32.2. The number of thioether (sulfide) groups is 1. The molecule has 0 spiro atoms. The van der Waals surface area contributed by atoms with Crippen molar-refractivity contribution in [2.75, 3.05) is 18.1 Å². The molecule has 1 amide bonds. The van der Waals surface area contributed by atoms with E-state index in [2.05, 4.69) is 39.4 Å². The Morgan fingerprint density at radius 1 is 1.02 bits per heavy atom. The summed E-state index contributed by atoms with van der Waals surface area (Å²) in [7, 11) is 0. The zero-order valence-electron chi connectivity index (χ0n) is 24.5. The average molecular weight is 637 g/mol. The summed E-state index contributed by atoms with van der Waals surface area (Å²) in [5, 5.41) is 20.9. The van der Waals surface area contributed by atoms with Gasteiger partial charge in [0.05, 0.1) is 40.4 Å². The molecule has 3 heterocycles. The zero-order chi connectivity index (χ0) is 30.7. The third-order valence-corrected chi connectivity index (χ3v) is 9.89.